The maximum atomic E-state index is 12.2. The van der Waals surface area contributed by atoms with E-state index in [0.717, 1.165) is 11.1 Å². The number of nitriles is 1. The van der Waals surface area contributed by atoms with Crippen molar-refractivity contribution in [1.29, 1.82) is 5.26 Å². The Hall–Kier alpha value is -2.32. The van der Waals surface area contributed by atoms with Crippen LogP contribution in [0.15, 0.2) is 35.4 Å². The average Bonchev–Trinajstić information content (AvgIpc) is 2.53. The minimum Gasteiger partial charge on any atom is -0.462 e. The molecule has 0 aliphatic heterocycles. The zero-order valence-electron chi connectivity index (χ0n) is 12.7. The monoisotopic (exact) mass is 312 g/mol. The van der Waals surface area contributed by atoms with Gasteiger partial charge in [0.25, 0.3) is 0 Å². The Kier molecular flexibility index (Phi) is 5.18. The molecule has 0 fully saturated rings. The fourth-order valence-electron chi connectivity index (χ4n) is 2.11. The summed E-state index contributed by atoms with van der Waals surface area (Å²) in [6.07, 6.45) is 1.85. The first-order valence-electron chi connectivity index (χ1n) is 6.84. The van der Waals surface area contributed by atoms with Gasteiger partial charge in [-0.25, -0.2) is 9.78 Å². The number of rotatable bonds is 4. The number of nitrogens with zero attached hydrogens (tertiary/aromatic N) is 2. The third-order valence-corrected chi connectivity index (χ3v) is 3.79. The number of hydrogen-bond donors (Lipinski definition) is 0. The van der Waals surface area contributed by atoms with Crippen molar-refractivity contribution in [3.8, 4) is 17.3 Å². The molecule has 0 aliphatic carbocycles. The van der Waals surface area contributed by atoms with Crippen LogP contribution in [0.3, 0.4) is 0 Å². The standard InChI is InChI=1S/C17H16N2O2S/c1-4-21-17(20)14-9-13(10-18)16(22-3)19-15(14)12-7-5-6-11(2)8-12/h5-9H,4H2,1-3H3. The van der Waals surface area contributed by atoms with Crippen molar-refractivity contribution in [1.82, 2.24) is 4.98 Å². The van der Waals surface area contributed by atoms with E-state index in [0.29, 0.717) is 21.8 Å². The third kappa shape index (κ3) is 3.29. The van der Waals surface area contributed by atoms with E-state index in [-0.39, 0.29) is 6.61 Å². The number of carbonyl (C=O) groups excluding carboxylic acids is 1. The van der Waals surface area contributed by atoms with E-state index in [9.17, 15) is 10.1 Å². The molecule has 0 unspecified atom stereocenters. The van der Waals surface area contributed by atoms with Crippen molar-refractivity contribution in [3.05, 3.63) is 47.0 Å². The van der Waals surface area contributed by atoms with Crippen LogP contribution in [0, 0.1) is 18.3 Å². The molecule has 0 amide bonds. The maximum absolute atomic E-state index is 12.2. The minimum atomic E-state index is -0.462. The smallest absolute Gasteiger partial charge is 0.340 e. The molecule has 0 radical (unpaired) electrons. The van der Waals surface area contributed by atoms with Gasteiger partial charge in [-0.2, -0.15) is 5.26 Å². The first-order valence-corrected chi connectivity index (χ1v) is 8.06. The number of benzene rings is 1. The molecule has 2 aromatic rings. The van der Waals surface area contributed by atoms with Crippen LogP contribution in [-0.4, -0.2) is 23.8 Å². The molecular formula is C17H16N2O2S. The highest BCUT2D eigenvalue weighted by Crippen LogP contribution is 2.28. The fourth-order valence-corrected chi connectivity index (χ4v) is 2.62. The molecule has 0 spiro atoms. The molecule has 0 saturated carbocycles. The fraction of sp³-hybridized carbons (Fsp3) is 0.235. The van der Waals surface area contributed by atoms with Crippen LogP contribution < -0.4 is 0 Å². The number of aryl methyl sites for hydroxylation is 1. The third-order valence-electron chi connectivity index (χ3n) is 3.09. The van der Waals surface area contributed by atoms with Crippen LogP contribution in [0.5, 0.6) is 0 Å². The van der Waals surface area contributed by atoms with Gasteiger partial charge in [-0.15, -0.1) is 11.8 Å². The van der Waals surface area contributed by atoms with E-state index in [1.54, 1.807) is 13.0 Å². The van der Waals surface area contributed by atoms with Crippen LogP contribution in [0.2, 0.25) is 0 Å². The zero-order chi connectivity index (χ0) is 16.1. The summed E-state index contributed by atoms with van der Waals surface area (Å²) in [4.78, 5) is 16.7. The van der Waals surface area contributed by atoms with Crippen LogP contribution in [0.4, 0.5) is 0 Å². The summed E-state index contributed by atoms with van der Waals surface area (Å²) in [7, 11) is 0. The van der Waals surface area contributed by atoms with Crippen molar-refractivity contribution >= 4 is 17.7 Å². The van der Waals surface area contributed by atoms with E-state index in [4.69, 9.17) is 4.74 Å². The topological polar surface area (TPSA) is 63.0 Å². The highest BCUT2D eigenvalue weighted by atomic mass is 32.2. The predicted octanol–water partition coefficient (Wildman–Crippen LogP) is 3.83. The van der Waals surface area contributed by atoms with Crippen LogP contribution in [0.25, 0.3) is 11.3 Å². The molecule has 5 heteroatoms. The van der Waals surface area contributed by atoms with Gasteiger partial charge in [-0.1, -0.05) is 23.8 Å². The van der Waals surface area contributed by atoms with Gasteiger partial charge in [-0.3, -0.25) is 0 Å². The quantitative estimate of drug-likeness (QED) is 0.634. The van der Waals surface area contributed by atoms with E-state index in [1.165, 1.54) is 11.8 Å². The lowest BCUT2D eigenvalue weighted by molar-refractivity contribution is 0.0526. The summed E-state index contributed by atoms with van der Waals surface area (Å²) in [5, 5.41) is 9.84. The first-order chi connectivity index (χ1) is 10.6. The number of thioether (sulfide) groups is 1. The summed E-state index contributed by atoms with van der Waals surface area (Å²) in [6, 6.07) is 11.4. The van der Waals surface area contributed by atoms with Crippen molar-refractivity contribution in [2.24, 2.45) is 0 Å². The summed E-state index contributed by atoms with van der Waals surface area (Å²) >= 11 is 1.38. The van der Waals surface area contributed by atoms with Gasteiger partial charge < -0.3 is 4.74 Å². The van der Waals surface area contributed by atoms with Gasteiger partial charge in [0.15, 0.2) is 0 Å². The molecule has 0 saturated heterocycles. The van der Waals surface area contributed by atoms with E-state index >= 15 is 0 Å². The Bertz CT molecular complexity index is 751. The predicted molar refractivity (Wildman–Crippen MR) is 86.9 cm³/mol. The van der Waals surface area contributed by atoms with Gasteiger partial charge in [0.2, 0.25) is 0 Å². The number of aromatic nitrogens is 1. The Morgan fingerprint density at radius 3 is 2.77 bits per heavy atom. The van der Waals surface area contributed by atoms with E-state index < -0.39 is 5.97 Å². The molecule has 0 bridgehead atoms. The van der Waals surface area contributed by atoms with Crippen LogP contribution >= 0.6 is 11.8 Å². The number of pyridine rings is 1. The second-order valence-electron chi connectivity index (χ2n) is 4.64. The number of carbonyl (C=O) groups is 1. The summed E-state index contributed by atoms with van der Waals surface area (Å²) in [6.45, 7) is 4.00. The van der Waals surface area contributed by atoms with Crippen molar-refractivity contribution in [2.45, 2.75) is 18.9 Å². The molecule has 1 aromatic heterocycles. The highest BCUT2D eigenvalue weighted by molar-refractivity contribution is 7.98. The van der Waals surface area contributed by atoms with E-state index in [1.807, 2.05) is 37.4 Å². The van der Waals surface area contributed by atoms with Gasteiger partial charge >= 0.3 is 5.97 Å². The molecule has 0 atom stereocenters. The highest BCUT2D eigenvalue weighted by Gasteiger charge is 2.19. The second-order valence-corrected chi connectivity index (χ2v) is 5.44. The Balaban J connectivity index is 2.69. The van der Waals surface area contributed by atoms with Crippen molar-refractivity contribution in [2.75, 3.05) is 12.9 Å². The molecular weight excluding hydrogens is 296 g/mol. The lowest BCUT2D eigenvalue weighted by Crippen LogP contribution is -2.09. The lowest BCUT2D eigenvalue weighted by atomic mass is 10.0. The van der Waals surface area contributed by atoms with Gasteiger partial charge in [0.05, 0.1) is 23.4 Å². The second kappa shape index (κ2) is 7.10. The summed E-state index contributed by atoms with van der Waals surface area (Å²) in [5.41, 5.74) is 3.16. The normalized spacial score (nSPS) is 10.1. The molecule has 1 aromatic carbocycles. The number of hydrogen-bond acceptors (Lipinski definition) is 5. The Morgan fingerprint density at radius 2 is 2.18 bits per heavy atom. The number of esters is 1. The van der Waals surface area contributed by atoms with Gasteiger partial charge in [-0.05, 0) is 32.2 Å². The molecule has 112 valence electrons. The van der Waals surface area contributed by atoms with Crippen LogP contribution in [-0.2, 0) is 4.74 Å². The molecule has 4 nitrogen and oxygen atoms in total. The van der Waals surface area contributed by atoms with E-state index in [2.05, 4.69) is 11.1 Å². The molecule has 0 N–H and O–H groups in total. The van der Waals surface area contributed by atoms with Gasteiger partial charge in [0, 0.05) is 5.56 Å². The molecule has 1 heterocycles. The largest absolute Gasteiger partial charge is 0.462 e. The molecule has 22 heavy (non-hydrogen) atoms. The Labute approximate surface area is 134 Å². The number of ether oxygens (including phenoxy) is 1. The van der Waals surface area contributed by atoms with Crippen molar-refractivity contribution < 1.29 is 9.53 Å². The van der Waals surface area contributed by atoms with Crippen molar-refractivity contribution in [3.63, 3.8) is 0 Å². The average molecular weight is 312 g/mol. The SMILES string of the molecule is CCOC(=O)c1cc(C#N)c(SC)nc1-c1cccc(C)c1. The summed E-state index contributed by atoms with van der Waals surface area (Å²) < 4.78 is 5.10. The maximum Gasteiger partial charge on any atom is 0.340 e. The lowest BCUT2D eigenvalue weighted by Gasteiger charge is -2.11. The molecule has 0 aliphatic rings. The zero-order valence-corrected chi connectivity index (χ0v) is 13.5. The van der Waals surface area contributed by atoms with Gasteiger partial charge in [0.1, 0.15) is 11.1 Å². The Morgan fingerprint density at radius 1 is 1.41 bits per heavy atom. The summed E-state index contributed by atoms with van der Waals surface area (Å²) in [5.74, 6) is -0.462. The van der Waals surface area contributed by atoms with Crippen LogP contribution in [0.1, 0.15) is 28.4 Å². The first kappa shape index (κ1) is 16.1. The minimum absolute atomic E-state index is 0.276. The molecule has 2 rings (SSSR count).